The van der Waals surface area contributed by atoms with Crippen LogP contribution in [0.15, 0.2) is 0 Å². The minimum atomic E-state index is 0.255. The van der Waals surface area contributed by atoms with E-state index in [1.807, 2.05) is 6.92 Å². The number of nitrogens with zero attached hydrogens (tertiary/aromatic N) is 1. The lowest BCUT2D eigenvalue weighted by atomic mass is 10.3. The molecular weight excluding hydrogens is 138 g/mol. The van der Waals surface area contributed by atoms with Gasteiger partial charge in [0.1, 0.15) is 6.23 Å². The number of ether oxygens (including phenoxy) is 1. The molecule has 11 heavy (non-hydrogen) atoms. The Bertz CT molecular complexity index is 93.6. The highest BCUT2D eigenvalue weighted by Crippen LogP contribution is 2.05. The predicted octanol–water partition coefficient (Wildman–Crippen LogP) is 2.10. The highest BCUT2D eigenvalue weighted by Gasteiger charge is 2.13. The highest BCUT2D eigenvalue weighted by molar-refractivity contribution is 4.61. The molecule has 0 spiro atoms. The molecule has 0 aromatic carbocycles. The Morgan fingerprint density at radius 1 is 1.18 bits per heavy atom. The van der Waals surface area contributed by atoms with E-state index in [-0.39, 0.29) is 6.23 Å². The molecule has 0 radical (unpaired) electrons. The summed E-state index contributed by atoms with van der Waals surface area (Å²) in [5.74, 6) is 0. The molecule has 2 heteroatoms. The number of hydrogen-bond donors (Lipinski definition) is 0. The second-order valence-electron chi connectivity index (χ2n) is 2.98. The van der Waals surface area contributed by atoms with E-state index >= 15 is 0 Å². The molecular formula is C9H21NO. The summed E-state index contributed by atoms with van der Waals surface area (Å²) in [7, 11) is 0. The van der Waals surface area contributed by atoms with Crippen LogP contribution in [0.2, 0.25) is 0 Å². The van der Waals surface area contributed by atoms with Crippen LogP contribution in [-0.4, -0.2) is 30.3 Å². The molecule has 0 aliphatic heterocycles. The second-order valence-corrected chi connectivity index (χ2v) is 2.98. The molecule has 0 N–H and O–H groups in total. The Morgan fingerprint density at radius 3 is 2.00 bits per heavy atom. The van der Waals surface area contributed by atoms with Crippen LogP contribution in [0, 0.1) is 0 Å². The highest BCUT2D eigenvalue weighted by atomic mass is 16.5. The predicted molar refractivity (Wildman–Crippen MR) is 48.6 cm³/mol. The fraction of sp³-hybridized carbons (Fsp3) is 1.00. The Hall–Kier alpha value is -0.0800. The van der Waals surface area contributed by atoms with Gasteiger partial charge in [0.2, 0.25) is 0 Å². The summed E-state index contributed by atoms with van der Waals surface area (Å²) in [4.78, 5) is 2.32. The molecule has 0 bridgehead atoms. The van der Waals surface area contributed by atoms with Crippen molar-refractivity contribution in [3.63, 3.8) is 0 Å². The largest absolute Gasteiger partial charge is 0.364 e. The Morgan fingerprint density at radius 2 is 1.73 bits per heavy atom. The van der Waals surface area contributed by atoms with Crippen molar-refractivity contribution in [3.05, 3.63) is 0 Å². The van der Waals surface area contributed by atoms with Crippen LogP contribution in [0.25, 0.3) is 0 Å². The van der Waals surface area contributed by atoms with Crippen molar-refractivity contribution >= 4 is 0 Å². The Balaban J connectivity index is 3.81. The molecule has 0 rings (SSSR count). The molecule has 0 saturated heterocycles. The molecule has 68 valence electrons. The number of rotatable bonds is 5. The van der Waals surface area contributed by atoms with E-state index in [9.17, 15) is 0 Å². The smallest absolute Gasteiger partial charge is 0.107 e. The molecule has 0 aliphatic carbocycles. The fourth-order valence-corrected chi connectivity index (χ4v) is 1.38. The van der Waals surface area contributed by atoms with Gasteiger partial charge >= 0.3 is 0 Å². The van der Waals surface area contributed by atoms with Crippen molar-refractivity contribution in [2.45, 2.75) is 46.9 Å². The maximum Gasteiger partial charge on any atom is 0.107 e. The van der Waals surface area contributed by atoms with Gasteiger partial charge in [0.15, 0.2) is 0 Å². The van der Waals surface area contributed by atoms with E-state index in [1.54, 1.807) is 0 Å². The van der Waals surface area contributed by atoms with Crippen molar-refractivity contribution < 1.29 is 4.74 Å². The first kappa shape index (κ1) is 10.9. The van der Waals surface area contributed by atoms with Crippen LogP contribution in [0.1, 0.15) is 34.6 Å². The van der Waals surface area contributed by atoms with Crippen LogP contribution in [0.3, 0.4) is 0 Å². The lowest BCUT2D eigenvalue weighted by molar-refractivity contribution is -0.0540. The first-order valence-corrected chi connectivity index (χ1v) is 4.50. The minimum Gasteiger partial charge on any atom is -0.364 e. The summed E-state index contributed by atoms with van der Waals surface area (Å²) in [5.41, 5.74) is 0. The third-order valence-corrected chi connectivity index (χ3v) is 1.90. The van der Waals surface area contributed by atoms with Crippen molar-refractivity contribution in [3.8, 4) is 0 Å². The minimum absolute atomic E-state index is 0.255. The number of hydrogen-bond acceptors (Lipinski definition) is 2. The van der Waals surface area contributed by atoms with Crippen LogP contribution < -0.4 is 0 Å². The lowest BCUT2D eigenvalue weighted by Gasteiger charge is -2.30. The molecule has 1 unspecified atom stereocenters. The molecule has 0 aliphatic rings. The van der Waals surface area contributed by atoms with Crippen LogP contribution in [-0.2, 0) is 4.74 Å². The molecule has 0 saturated carbocycles. The van der Waals surface area contributed by atoms with Gasteiger partial charge in [-0.1, -0.05) is 6.92 Å². The third-order valence-electron chi connectivity index (χ3n) is 1.90. The van der Waals surface area contributed by atoms with Crippen molar-refractivity contribution in [2.75, 3.05) is 13.2 Å². The van der Waals surface area contributed by atoms with E-state index in [0.717, 1.165) is 13.2 Å². The van der Waals surface area contributed by atoms with Gasteiger partial charge in [0, 0.05) is 12.6 Å². The van der Waals surface area contributed by atoms with Gasteiger partial charge in [-0.3, -0.25) is 4.90 Å². The first-order chi connectivity index (χ1) is 5.13. The van der Waals surface area contributed by atoms with E-state index in [1.165, 1.54) is 0 Å². The molecule has 0 aromatic heterocycles. The molecule has 2 nitrogen and oxygen atoms in total. The van der Waals surface area contributed by atoms with E-state index in [4.69, 9.17) is 4.74 Å². The maximum absolute atomic E-state index is 5.48. The van der Waals surface area contributed by atoms with Gasteiger partial charge in [-0.2, -0.15) is 0 Å². The second kappa shape index (κ2) is 5.56. The Kier molecular flexibility index (Phi) is 5.51. The maximum atomic E-state index is 5.48. The summed E-state index contributed by atoms with van der Waals surface area (Å²) in [6, 6.07) is 0.571. The quantitative estimate of drug-likeness (QED) is 0.570. The molecule has 0 heterocycles. The Labute approximate surface area is 70.5 Å². The molecule has 0 fully saturated rings. The molecule has 0 amide bonds. The van der Waals surface area contributed by atoms with E-state index in [2.05, 4.69) is 32.6 Å². The summed E-state index contributed by atoms with van der Waals surface area (Å²) in [5, 5.41) is 0. The summed E-state index contributed by atoms with van der Waals surface area (Å²) < 4.78 is 5.48. The van der Waals surface area contributed by atoms with Crippen molar-refractivity contribution in [2.24, 2.45) is 0 Å². The van der Waals surface area contributed by atoms with E-state index in [0.29, 0.717) is 6.04 Å². The van der Waals surface area contributed by atoms with Crippen molar-refractivity contribution in [1.82, 2.24) is 4.90 Å². The average Bonchev–Trinajstić information content (AvgIpc) is 1.88. The fourth-order valence-electron chi connectivity index (χ4n) is 1.38. The van der Waals surface area contributed by atoms with Gasteiger partial charge in [-0.05, 0) is 34.2 Å². The zero-order chi connectivity index (χ0) is 8.85. The van der Waals surface area contributed by atoms with Gasteiger partial charge < -0.3 is 4.74 Å². The topological polar surface area (TPSA) is 12.5 Å². The normalized spacial score (nSPS) is 14.5. The SMILES string of the molecule is CCOC(C)N(CC)C(C)C. The van der Waals surface area contributed by atoms with Crippen LogP contribution >= 0.6 is 0 Å². The van der Waals surface area contributed by atoms with Crippen LogP contribution in [0.5, 0.6) is 0 Å². The van der Waals surface area contributed by atoms with Gasteiger partial charge in [0.25, 0.3) is 0 Å². The average molecular weight is 159 g/mol. The van der Waals surface area contributed by atoms with Gasteiger partial charge in [-0.25, -0.2) is 0 Å². The summed E-state index contributed by atoms with van der Waals surface area (Å²) in [6.45, 7) is 12.5. The molecule has 0 aromatic rings. The van der Waals surface area contributed by atoms with Gasteiger partial charge in [0.05, 0.1) is 0 Å². The summed E-state index contributed by atoms with van der Waals surface area (Å²) >= 11 is 0. The first-order valence-electron chi connectivity index (χ1n) is 4.50. The summed E-state index contributed by atoms with van der Waals surface area (Å²) in [6.07, 6.45) is 0.255. The molecule has 1 atom stereocenters. The van der Waals surface area contributed by atoms with Gasteiger partial charge in [-0.15, -0.1) is 0 Å². The van der Waals surface area contributed by atoms with Crippen LogP contribution in [0.4, 0.5) is 0 Å². The van der Waals surface area contributed by atoms with Crippen molar-refractivity contribution in [1.29, 1.82) is 0 Å². The van der Waals surface area contributed by atoms with E-state index < -0.39 is 0 Å². The lowest BCUT2D eigenvalue weighted by Crippen LogP contribution is -2.40. The monoisotopic (exact) mass is 159 g/mol. The third kappa shape index (κ3) is 3.73. The standard InChI is InChI=1S/C9H21NO/c1-6-10(8(3)4)9(5)11-7-2/h8-9H,6-7H2,1-5H3. The zero-order valence-corrected chi connectivity index (χ0v) is 8.42. The zero-order valence-electron chi connectivity index (χ0n) is 8.42.